The minimum absolute atomic E-state index is 0.0344. The first-order valence-corrected chi connectivity index (χ1v) is 6.72. The third kappa shape index (κ3) is 3.71. The molecule has 0 aliphatic carbocycles. The molecule has 0 spiro atoms. The average Bonchev–Trinajstić information content (AvgIpc) is 2.48. The lowest BCUT2D eigenvalue weighted by molar-refractivity contribution is 0.0303. The van der Waals surface area contributed by atoms with Crippen molar-refractivity contribution in [3.8, 4) is 0 Å². The van der Waals surface area contributed by atoms with E-state index >= 15 is 0 Å². The summed E-state index contributed by atoms with van der Waals surface area (Å²) in [5, 5.41) is 5.34. The van der Waals surface area contributed by atoms with E-state index in [9.17, 15) is 9.59 Å². The lowest BCUT2D eigenvalue weighted by Gasteiger charge is -2.27. The van der Waals surface area contributed by atoms with Crippen molar-refractivity contribution >= 4 is 17.6 Å². The molecule has 1 fully saturated rings. The van der Waals surface area contributed by atoms with E-state index in [1.54, 1.807) is 29.2 Å². The molecule has 3 amide bonds. The highest BCUT2D eigenvalue weighted by Gasteiger charge is 2.18. The summed E-state index contributed by atoms with van der Waals surface area (Å²) < 4.78 is 5.23. The van der Waals surface area contributed by atoms with Crippen LogP contribution in [0.2, 0.25) is 0 Å². The normalized spacial score (nSPS) is 14.8. The first-order valence-electron chi connectivity index (χ1n) is 6.72. The topological polar surface area (TPSA) is 70.7 Å². The van der Waals surface area contributed by atoms with E-state index in [2.05, 4.69) is 10.6 Å². The Morgan fingerprint density at radius 2 is 2.05 bits per heavy atom. The predicted octanol–water partition coefficient (Wildman–Crippen LogP) is 1.30. The van der Waals surface area contributed by atoms with Gasteiger partial charge in [-0.3, -0.25) is 4.79 Å². The molecule has 108 valence electrons. The van der Waals surface area contributed by atoms with E-state index in [-0.39, 0.29) is 11.9 Å². The zero-order valence-corrected chi connectivity index (χ0v) is 11.5. The third-order valence-electron chi connectivity index (χ3n) is 3.00. The number of benzene rings is 1. The third-order valence-corrected chi connectivity index (χ3v) is 3.00. The summed E-state index contributed by atoms with van der Waals surface area (Å²) in [6, 6.07) is 6.68. The van der Waals surface area contributed by atoms with Crippen LogP contribution in [0.1, 0.15) is 17.3 Å². The smallest absolute Gasteiger partial charge is 0.319 e. The molecule has 1 aromatic carbocycles. The van der Waals surface area contributed by atoms with E-state index in [1.165, 1.54) is 0 Å². The van der Waals surface area contributed by atoms with Gasteiger partial charge in [-0.2, -0.15) is 0 Å². The van der Waals surface area contributed by atoms with Crippen molar-refractivity contribution in [2.75, 3.05) is 38.2 Å². The molecular weight excluding hydrogens is 258 g/mol. The van der Waals surface area contributed by atoms with Crippen LogP contribution < -0.4 is 10.6 Å². The molecule has 0 bridgehead atoms. The molecule has 0 unspecified atom stereocenters. The van der Waals surface area contributed by atoms with E-state index in [1.807, 2.05) is 6.92 Å². The van der Waals surface area contributed by atoms with E-state index in [0.717, 1.165) is 0 Å². The molecule has 0 atom stereocenters. The Bertz CT molecular complexity index is 484. The molecule has 6 nitrogen and oxygen atoms in total. The maximum Gasteiger partial charge on any atom is 0.319 e. The van der Waals surface area contributed by atoms with Crippen LogP contribution in [0, 0.1) is 0 Å². The van der Waals surface area contributed by atoms with Gasteiger partial charge in [0.05, 0.1) is 13.2 Å². The van der Waals surface area contributed by atoms with Gasteiger partial charge in [-0.15, -0.1) is 0 Å². The number of nitrogens with zero attached hydrogens (tertiary/aromatic N) is 1. The molecule has 20 heavy (non-hydrogen) atoms. The fourth-order valence-electron chi connectivity index (χ4n) is 2.01. The number of hydrogen-bond acceptors (Lipinski definition) is 3. The van der Waals surface area contributed by atoms with Crippen LogP contribution >= 0.6 is 0 Å². The number of rotatable bonds is 3. The van der Waals surface area contributed by atoms with Crippen LogP contribution in [0.4, 0.5) is 10.5 Å². The second-order valence-corrected chi connectivity index (χ2v) is 4.47. The quantitative estimate of drug-likeness (QED) is 0.875. The molecule has 1 heterocycles. The zero-order chi connectivity index (χ0) is 14.4. The molecule has 1 aromatic rings. The van der Waals surface area contributed by atoms with Gasteiger partial charge in [0.1, 0.15) is 0 Å². The molecular formula is C14H19N3O3. The fraction of sp³-hybridized carbons (Fsp3) is 0.429. The van der Waals surface area contributed by atoms with Gasteiger partial charge in [0.25, 0.3) is 5.91 Å². The van der Waals surface area contributed by atoms with Crippen molar-refractivity contribution in [1.29, 1.82) is 0 Å². The highest BCUT2D eigenvalue weighted by atomic mass is 16.5. The Hall–Kier alpha value is -2.08. The van der Waals surface area contributed by atoms with Crippen LogP contribution in [-0.2, 0) is 4.74 Å². The van der Waals surface area contributed by atoms with Gasteiger partial charge in [0, 0.05) is 30.9 Å². The standard InChI is InChI=1S/C14H19N3O3/c1-2-15-14(19)16-12-5-3-4-11(10-12)13(18)17-6-8-20-9-7-17/h3-5,10H,2,6-9H2,1H3,(H2,15,16,19). The summed E-state index contributed by atoms with van der Waals surface area (Å²) in [7, 11) is 0. The summed E-state index contributed by atoms with van der Waals surface area (Å²) in [5.74, 6) is -0.0344. The lowest BCUT2D eigenvalue weighted by atomic mass is 10.1. The van der Waals surface area contributed by atoms with Crippen LogP contribution in [0.15, 0.2) is 24.3 Å². The number of carbonyl (C=O) groups excluding carboxylic acids is 2. The fourth-order valence-corrected chi connectivity index (χ4v) is 2.01. The van der Waals surface area contributed by atoms with Gasteiger partial charge < -0.3 is 20.3 Å². The van der Waals surface area contributed by atoms with Crippen molar-refractivity contribution in [2.24, 2.45) is 0 Å². The number of ether oxygens (including phenoxy) is 1. The molecule has 0 aromatic heterocycles. The molecule has 1 saturated heterocycles. The number of carbonyl (C=O) groups is 2. The number of anilines is 1. The molecule has 2 N–H and O–H groups in total. The first-order chi connectivity index (χ1) is 9.70. The largest absolute Gasteiger partial charge is 0.378 e. The number of amides is 3. The lowest BCUT2D eigenvalue weighted by Crippen LogP contribution is -2.40. The van der Waals surface area contributed by atoms with Gasteiger partial charge >= 0.3 is 6.03 Å². The molecule has 0 saturated carbocycles. The second kappa shape index (κ2) is 6.91. The number of urea groups is 1. The SMILES string of the molecule is CCNC(=O)Nc1cccc(C(=O)N2CCOCC2)c1. The highest BCUT2D eigenvalue weighted by molar-refractivity contribution is 5.96. The van der Waals surface area contributed by atoms with Crippen molar-refractivity contribution in [3.05, 3.63) is 29.8 Å². The van der Waals surface area contributed by atoms with E-state index < -0.39 is 0 Å². The van der Waals surface area contributed by atoms with Gasteiger partial charge in [0.2, 0.25) is 0 Å². The summed E-state index contributed by atoms with van der Waals surface area (Å²) in [6.45, 7) is 4.75. The van der Waals surface area contributed by atoms with Crippen LogP contribution in [0.5, 0.6) is 0 Å². The van der Waals surface area contributed by atoms with E-state index in [0.29, 0.717) is 44.1 Å². The Labute approximate surface area is 118 Å². The van der Waals surface area contributed by atoms with Crippen molar-refractivity contribution in [2.45, 2.75) is 6.92 Å². The van der Waals surface area contributed by atoms with E-state index in [4.69, 9.17) is 4.74 Å². The average molecular weight is 277 g/mol. The Morgan fingerprint density at radius 3 is 2.75 bits per heavy atom. The molecule has 6 heteroatoms. The van der Waals surface area contributed by atoms with Gasteiger partial charge in [-0.05, 0) is 25.1 Å². The molecule has 2 rings (SSSR count). The summed E-state index contributed by atoms with van der Waals surface area (Å²) in [5.41, 5.74) is 1.18. The number of morpholine rings is 1. The Morgan fingerprint density at radius 1 is 1.30 bits per heavy atom. The summed E-state index contributed by atoms with van der Waals surface area (Å²) in [6.07, 6.45) is 0. The van der Waals surface area contributed by atoms with Crippen molar-refractivity contribution in [1.82, 2.24) is 10.2 Å². The second-order valence-electron chi connectivity index (χ2n) is 4.47. The maximum atomic E-state index is 12.3. The Balaban J connectivity index is 2.04. The minimum atomic E-state index is -0.275. The minimum Gasteiger partial charge on any atom is -0.378 e. The first kappa shape index (κ1) is 14.3. The van der Waals surface area contributed by atoms with Crippen LogP contribution in [0.25, 0.3) is 0 Å². The maximum absolute atomic E-state index is 12.3. The van der Waals surface area contributed by atoms with Crippen LogP contribution in [-0.4, -0.2) is 49.7 Å². The molecule has 1 aliphatic rings. The van der Waals surface area contributed by atoms with Gasteiger partial charge in [-0.25, -0.2) is 4.79 Å². The number of hydrogen-bond donors (Lipinski definition) is 2. The zero-order valence-electron chi connectivity index (χ0n) is 11.5. The molecule has 0 radical (unpaired) electrons. The molecule has 1 aliphatic heterocycles. The van der Waals surface area contributed by atoms with Gasteiger partial charge in [-0.1, -0.05) is 6.07 Å². The summed E-state index contributed by atoms with van der Waals surface area (Å²) in [4.78, 5) is 25.5. The Kier molecular flexibility index (Phi) is 4.95. The number of nitrogens with one attached hydrogen (secondary N) is 2. The summed E-state index contributed by atoms with van der Waals surface area (Å²) >= 11 is 0. The predicted molar refractivity (Wildman–Crippen MR) is 75.9 cm³/mol. The van der Waals surface area contributed by atoms with Gasteiger partial charge in [0.15, 0.2) is 0 Å². The van der Waals surface area contributed by atoms with Crippen molar-refractivity contribution < 1.29 is 14.3 Å². The highest BCUT2D eigenvalue weighted by Crippen LogP contribution is 2.13. The van der Waals surface area contributed by atoms with Crippen LogP contribution in [0.3, 0.4) is 0 Å². The monoisotopic (exact) mass is 277 g/mol. The van der Waals surface area contributed by atoms with Crippen molar-refractivity contribution in [3.63, 3.8) is 0 Å².